The van der Waals surface area contributed by atoms with E-state index < -0.39 is 296 Å². The molecule has 12 unspecified atom stereocenters. The minimum Gasteiger partial charge on any atom is -0.477 e. The van der Waals surface area contributed by atoms with Crippen molar-refractivity contribution in [3.8, 4) is 0 Å². The topological polar surface area (TPSA) is 686 Å². The van der Waals surface area contributed by atoms with Crippen LogP contribution in [0.3, 0.4) is 0 Å². The number of hydrogen-bond donors (Lipinski definition) is 25. The zero-order valence-corrected chi connectivity index (χ0v) is 74.9. The highest BCUT2D eigenvalue weighted by Crippen LogP contribution is 2.42. The molecule has 750 valence electrons. The number of nitrogens with one attached hydrogen (secondary N) is 4. The van der Waals surface area contributed by atoms with E-state index in [1.807, 2.05) is 6.08 Å². The molecule has 6 saturated heterocycles. The van der Waals surface area contributed by atoms with Crippen molar-refractivity contribution in [1.29, 1.82) is 0 Å². The molecule has 34 atom stereocenters. The Labute approximate surface area is 752 Å². The highest BCUT2D eigenvalue weighted by atomic mass is 16.8. The van der Waals surface area contributed by atoms with Crippen LogP contribution < -0.4 is 21.3 Å². The number of carboxylic acid groups (broad SMARTS) is 2. The number of allylic oxidation sites excluding steroid dienone is 1. The first kappa shape index (κ1) is 113. The molecule has 0 aromatic heterocycles. The number of carbonyl (C=O) groups excluding carboxylic acids is 4. The molecule has 0 bridgehead atoms. The molecule has 0 aliphatic carbocycles. The van der Waals surface area contributed by atoms with Gasteiger partial charge in [0.15, 0.2) is 25.2 Å². The van der Waals surface area contributed by atoms with Gasteiger partial charge in [0.25, 0.3) is 11.6 Å². The second-order valence-corrected chi connectivity index (χ2v) is 35.0. The average molecular weight is 1870 g/mol. The fraction of sp³-hybridized carbons (Fsp3) is 0.907. The largest absolute Gasteiger partial charge is 0.477 e. The third-order valence-electron chi connectivity index (χ3n) is 24.6. The van der Waals surface area contributed by atoms with Gasteiger partial charge in [-0.1, -0.05) is 193 Å². The summed E-state index contributed by atoms with van der Waals surface area (Å²) in [6.45, 7) is -0.596. The maximum atomic E-state index is 13.6. The molecule has 0 saturated carbocycles. The zero-order valence-electron chi connectivity index (χ0n) is 74.9. The number of rotatable bonds is 61. The molecule has 6 fully saturated rings. The molecular weight excluding hydrogens is 1710 g/mol. The van der Waals surface area contributed by atoms with Gasteiger partial charge in [-0.3, -0.25) is 19.2 Å². The van der Waals surface area contributed by atoms with E-state index in [0.717, 1.165) is 85.0 Å². The van der Waals surface area contributed by atoms with Crippen LogP contribution in [0, 0.1) is 0 Å². The number of amides is 4. The van der Waals surface area contributed by atoms with Crippen molar-refractivity contribution in [2.24, 2.45) is 0 Å². The van der Waals surface area contributed by atoms with Crippen LogP contribution in [0.1, 0.15) is 240 Å². The van der Waals surface area contributed by atoms with Crippen LogP contribution in [-0.4, -0.2) is 396 Å². The predicted molar refractivity (Wildman–Crippen MR) is 449 cm³/mol. The van der Waals surface area contributed by atoms with Crippen molar-refractivity contribution < 1.29 is 193 Å². The van der Waals surface area contributed by atoms with Crippen LogP contribution >= 0.6 is 0 Å². The molecule has 0 aromatic rings. The molecule has 0 radical (unpaired) electrons. The number of carbonyl (C=O) groups is 6. The van der Waals surface area contributed by atoms with Gasteiger partial charge in [-0.15, -0.1) is 0 Å². The first-order valence-electron chi connectivity index (χ1n) is 46.2. The number of ether oxygens (including phenoxy) is 12. The van der Waals surface area contributed by atoms with Crippen molar-refractivity contribution in [2.45, 2.75) is 447 Å². The first-order valence-corrected chi connectivity index (χ1v) is 46.2. The number of hydrogen-bond acceptors (Lipinski definition) is 37. The molecule has 4 amide bonds. The van der Waals surface area contributed by atoms with Crippen LogP contribution in [0.2, 0.25) is 0 Å². The Balaban J connectivity index is 1.23. The van der Waals surface area contributed by atoms with E-state index in [4.69, 9.17) is 56.8 Å². The van der Waals surface area contributed by atoms with E-state index in [1.165, 1.54) is 115 Å². The average Bonchev–Trinajstić information content (AvgIpc) is 0.752. The van der Waals surface area contributed by atoms with Gasteiger partial charge in [-0.05, 0) is 19.3 Å². The number of aliphatic hydroxyl groups is 19. The van der Waals surface area contributed by atoms with Gasteiger partial charge in [0.2, 0.25) is 23.6 Å². The van der Waals surface area contributed by atoms with E-state index >= 15 is 0 Å². The summed E-state index contributed by atoms with van der Waals surface area (Å²) in [5.41, 5.74) is 0. The number of aliphatic hydroxyl groups excluding tert-OH is 19. The Morgan fingerprint density at radius 3 is 1.23 bits per heavy atom. The predicted octanol–water partition coefficient (Wildman–Crippen LogP) is -3.09. The molecule has 6 rings (SSSR count). The SMILES string of the molecule is CCCCCCCCCCCCC/C=C/[C@@H](O)[C@H](CO[C@@H]1OC(CO)[C@@H](O[C@@H]2OC(CO)[C@H](O[C@@H]3OC(CO[C@]4(C(=O)O)CC(O)[C@@H](NC(C)=O)C([C@H](O)[C@H](O)CO)O4)[C@H](O)[C@H](O[C@@H]4OC(CO)[C@H](O)[C@H](O[C@]5(C(=O)O)CC(O)[C@@H](NC(C)=O)C([C@H](O)[C@H](O)CO)O5)C4O)C3NC(C)=O)[C@H](O)C2O)[C@H](O)C1O)NC(=O)CCCCCCCCCCCCCCCCCCC. The van der Waals surface area contributed by atoms with Gasteiger partial charge in [0.05, 0.1) is 82.7 Å². The van der Waals surface area contributed by atoms with Gasteiger partial charge in [-0.2, -0.15) is 0 Å². The minimum absolute atomic E-state index is 0.129. The maximum absolute atomic E-state index is 13.6. The Morgan fingerprint density at radius 2 is 0.791 bits per heavy atom. The molecule has 43 heteroatoms. The van der Waals surface area contributed by atoms with E-state index in [0.29, 0.717) is 12.8 Å². The van der Waals surface area contributed by atoms with Crippen molar-refractivity contribution in [1.82, 2.24) is 21.3 Å². The lowest BCUT2D eigenvalue weighted by molar-refractivity contribution is -0.391. The summed E-state index contributed by atoms with van der Waals surface area (Å²) in [5.74, 6) is -14.1. The molecule has 25 N–H and O–H groups in total. The van der Waals surface area contributed by atoms with E-state index in [1.54, 1.807) is 0 Å². The summed E-state index contributed by atoms with van der Waals surface area (Å²) in [6, 6.07) is -6.80. The fourth-order valence-corrected chi connectivity index (χ4v) is 17.2. The molecular formula is C86H152N4O39. The monoisotopic (exact) mass is 1870 g/mol. The molecule has 6 aliphatic heterocycles. The van der Waals surface area contributed by atoms with E-state index in [-0.39, 0.29) is 12.3 Å². The van der Waals surface area contributed by atoms with Crippen molar-refractivity contribution in [2.75, 3.05) is 46.2 Å². The summed E-state index contributed by atoms with van der Waals surface area (Å²) in [7, 11) is 0. The number of unbranched alkanes of at least 4 members (excludes halogenated alkanes) is 27. The summed E-state index contributed by atoms with van der Waals surface area (Å²) < 4.78 is 71.6. The smallest absolute Gasteiger partial charge is 0.364 e. The summed E-state index contributed by atoms with van der Waals surface area (Å²) in [6.07, 6.45) is -27.4. The Hall–Kier alpha value is -4.68. The fourth-order valence-electron chi connectivity index (χ4n) is 17.2. The minimum atomic E-state index is -3.36. The summed E-state index contributed by atoms with van der Waals surface area (Å²) >= 11 is 0. The quantitative estimate of drug-likeness (QED) is 0.0212. The third kappa shape index (κ3) is 33.9. The highest BCUT2D eigenvalue weighted by molar-refractivity contribution is 5.78. The van der Waals surface area contributed by atoms with Gasteiger partial charge in [-0.25, -0.2) is 9.59 Å². The lowest BCUT2D eigenvalue weighted by Crippen LogP contribution is -2.72. The molecule has 0 spiro atoms. The van der Waals surface area contributed by atoms with Crippen LogP contribution in [0.4, 0.5) is 0 Å². The first-order chi connectivity index (χ1) is 61.5. The Bertz CT molecular complexity index is 3240. The second-order valence-electron chi connectivity index (χ2n) is 35.0. The van der Waals surface area contributed by atoms with Crippen molar-refractivity contribution >= 4 is 35.6 Å². The lowest BCUT2D eigenvalue weighted by Gasteiger charge is -2.52. The second kappa shape index (κ2) is 58.0. The van der Waals surface area contributed by atoms with E-state index in [9.17, 15) is 136 Å². The van der Waals surface area contributed by atoms with Gasteiger partial charge < -0.3 is 185 Å². The Kier molecular flexibility index (Phi) is 50.9. The third-order valence-corrected chi connectivity index (χ3v) is 24.6. The molecule has 6 aliphatic rings. The van der Waals surface area contributed by atoms with Crippen molar-refractivity contribution in [3.63, 3.8) is 0 Å². The molecule has 43 nitrogen and oxygen atoms in total. The standard InChI is InChI=1S/C86H152N4O39/c1-6-8-10-12-14-16-18-20-21-22-23-25-27-29-31-33-35-37-60(104)90-50(51(99)36-34-32-30-28-26-24-19-17-15-13-11-9-7-2)45-118-80-70(111)68(109)74(57(43-94)121-80)125-81-71(112)69(110)73(58(44-95)122-81)124-79-63(89-49(5)98)75(67(108)59(123-79)46-119-85(83(114)115)38-52(100)61(87-47(3)96)76(127-85)64(105)54(102)40-91)126-82-72(113)78(66(107)56(42-93)120-82)129-86(84(116)117)39-53(101)62(88-48(4)97)77(128-86)65(106)55(103)41-92/h34,36,50-59,61-82,91-95,99-103,105-113H,6-33,35,37-46H2,1-5H3,(H,87,96)(H,88,97)(H,89,98)(H,90,104)(H,114,115)(H,116,117)/b36-34+/t50-,51+,52?,53?,54+,55+,56?,57?,58?,59?,61+,62+,63?,64+,65+,66-,67-,68+,69+,70?,71?,72?,73-,74+,75+,76?,77?,78-,79-,80+,81-,82-,85+,86-/m0/s1. The van der Waals surface area contributed by atoms with Gasteiger partial charge in [0.1, 0.15) is 134 Å². The molecule has 0 aromatic carbocycles. The van der Waals surface area contributed by atoms with Gasteiger partial charge in [0, 0.05) is 40.0 Å². The highest BCUT2D eigenvalue weighted by Gasteiger charge is 2.63. The number of carboxylic acids is 2. The normalized spacial score (nSPS) is 34.8. The zero-order chi connectivity index (χ0) is 95.2. The van der Waals surface area contributed by atoms with Crippen molar-refractivity contribution in [3.05, 3.63) is 12.2 Å². The van der Waals surface area contributed by atoms with Crippen LogP contribution in [0.5, 0.6) is 0 Å². The lowest BCUT2D eigenvalue weighted by atomic mass is 9.88. The summed E-state index contributed by atoms with van der Waals surface area (Å²) in [5, 5.41) is 246. The number of aliphatic carboxylic acids is 2. The van der Waals surface area contributed by atoms with E-state index in [2.05, 4.69) is 35.1 Å². The van der Waals surface area contributed by atoms with Crippen LogP contribution in [0.25, 0.3) is 0 Å². The summed E-state index contributed by atoms with van der Waals surface area (Å²) in [4.78, 5) is 78.8. The van der Waals surface area contributed by atoms with Gasteiger partial charge >= 0.3 is 11.9 Å². The molecule has 6 heterocycles. The maximum Gasteiger partial charge on any atom is 0.364 e. The Morgan fingerprint density at radius 1 is 0.419 bits per heavy atom. The van der Waals surface area contributed by atoms with Crippen LogP contribution in [-0.2, 0) is 85.6 Å². The van der Waals surface area contributed by atoms with Crippen LogP contribution in [0.15, 0.2) is 12.2 Å². The molecule has 129 heavy (non-hydrogen) atoms.